The van der Waals surface area contributed by atoms with Crippen LogP contribution in [-0.2, 0) is 4.79 Å². The zero-order valence-electron chi connectivity index (χ0n) is 15.8. The van der Waals surface area contributed by atoms with Crippen molar-refractivity contribution in [2.75, 3.05) is 5.32 Å². The number of hydrogen-bond donors (Lipinski definition) is 2. The average Bonchev–Trinajstić information content (AvgIpc) is 3.22. The number of anilines is 1. The van der Waals surface area contributed by atoms with Gasteiger partial charge in [0.1, 0.15) is 5.75 Å². The van der Waals surface area contributed by atoms with Gasteiger partial charge in [0.05, 0.1) is 22.9 Å². The highest BCUT2D eigenvalue weighted by atomic mass is 16.5. The minimum Gasteiger partial charge on any atom is -0.481 e. The van der Waals surface area contributed by atoms with E-state index in [0.717, 1.165) is 25.7 Å². The summed E-state index contributed by atoms with van der Waals surface area (Å²) < 4.78 is 5.63. The summed E-state index contributed by atoms with van der Waals surface area (Å²) in [7, 11) is 0. The molecular weight excluding hydrogens is 354 g/mol. The highest BCUT2D eigenvalue weighted by Crippen LogP contribution is 2.21. The van der Waals surface area contributed by atoms with Crippen molar-refractivity contribution in [2.24, 2.45) is 0 Å². The molecule has 0 saturated heterocycles. The normalized spacial score (nSPS) is 14.7. The second kappa shape index (κ2) is 9.05. The van der Waals surface area contributed by atoms with Crippen LogP contribution in [0, 0.1) is 11.3 Å². The Hall–Kier alpha value is -3.33. The highest BCUT2D eigenvalue weighted by molar-refractivity contribution is 6.04. The van der Waals surface area contributed by atoms with Crippen molar-refractivity contribution < 1.29 is 14.3 Å². The SMILES string of the molecule is CC(Oc1ccc(C#N)cc1)C(=O)Nc1ccccc1C(=O)NC1CCCC1. The Kier molecular flexibility index (Phi) is 6.28. The van der Waals surface area contributed by atoms with E-state index >= 15 is 0 Å². The number of amides is 2. The van der Waals surface area contributed by atoms with Crippen molar-refractivity contribution in [3.8, 4) is 11.8 Å². The molecule has 6 nitrogen and oxygen atoms in total. The molecule has 0 aliphatic heterocycles. The fourth-order valence-electron chi connectivity index (χ4n) is 3.22. The molecule has 6 heteroatoms. The zero-order valence-corrected chi connectivity index (χ0v) is 15.8. The first-order valence-corrected chi connectivity index (χ1v) is 9.44. The monoisotopic (exact) mass is 377 g/mol. The predicted octanol–water partition coefficient (Wildman–Crippen LogP) is 3.64. The van der Waals surface area contributed by atoms with Crippen LogP contribution in [0.3, 0.4) is 0 Å². The minimum atomic E-state index is -0.765. The largest absolute Gasteiger partial charge is 0.481 e. The summed E-state index contributed by atoms with van der Waals surface area (Å²) in [6, 6.07) is 15.7. The molecule has 3 rings (SSSR count). The first-order valence-electron chi connectivity index (χ1n) is 9.44. The molecule has 1 aliphatic carbocycles. The Morgan fingerprint density at radius 2 is 1.79 bits per heavy atom. The predicted molar refractivity (Wildman–Crippen MR) is 106 cm³/mol. The van der Waals surface area contributed by atoms with E-state index in [1.165, 1.54) is 0 Å². The third-order valence-electron chi connectivity index (χ3n) is 4.79. The molecule has 144 valence electrons. The molecule has 1 saturated carbocycles. The Morgan fingerprint density at radius 1 is 1.11 bits per heavy atom. The molecule has 2 N–H and O–H groups in total. The van der Waals surface area contributed by atoms with Crippen LogP contribution in [0.5, 0.6) is 5.75 Å². The van der Waals surface area contributed by atoms with E-state index in [4.69, 9.17) is 10.00 Å². The van der Waals surface area contributed by atoms with E-state index in [1.807, 2.05) is 6.07 Å². The first-order chi connectivity index (χ1) is 13.6. The number of nitrogens with one attached hydrogen (secondary N) is 2. The summed E-state index contributed by atoms with van der Waals surface area (Å²) in [6.07, 6.45) is 3.49. The number of hydrogen-bond acceptors (Lipinski definition) is 4. The maximum atomic E-state index is 12.6. The third kappa shape index (κ3) is 4.89. The third-order valence-corrected chi connectivity index (χ3v) is 4.79. The Labute approximate surface area is 164 Å². The van der Waals surface area contributed by atoms with E-state index in [1.54, 1.807) is 55.5 Å². The van der Waals surface area contributed by atoms with Gasteiger partial charge in [0.15, 0.2) is 6.10 Å². The van der Waals surface area contributed by atoms with E-state index in [9.17, 15) is 9.59 Å². The van der Waals surface area contributed by atoms with Crippen molar-refractivity contribution in [1.82, 2.24) is 5.32 Å². The summed E-state index contributed by atoms with van der Waals surface area (Å²) in [5.41, 5.74) is 1.42. The summed E-state index contributed by atoms with van der Waals surface area (Å²) >= 11 is 0. The summed E-state index contributed by atoms with van der Waals surface area (Å²) in [5.74, 6) is -0.0390. The number of rotatable bonds is 6. The second-order valence-corrected chi connectivity index (χ2v) is 6.89. The Morgan fingerprint density at radius 3 is 2.46 bits per heavy atom. The molecule has 2 aromatic carbocycles. The van der Waals surface area contributed by atoms with E-state index in [2.05, 4.69) is 10.6 Å². The van der Waals surface area contributed by atoms with Gasteiger partial charge in [-0.25, -0.2) is 0 Å². The van der Waals surface area contributed by atoms with Crippen molar-refractivity contribution >= 4 is 17.5 Å². The fraction of sp³-hybridized carbons (Fsp3) is 0.318. The quantitative estimate of drug-likeness (QED) is 0.804. The molecule has 1 aliphatic rings. The van der Waals surface area contributed by atoms with Gasteiger partial charge in [0.2, 0.25) is 0 Å². The van der Waals surface area contributed by atoms with Crippen LogP contribution in [0.4, 0.5) is 5.69 Å². The number of nitriles is 1. The van der Waals surface area contributed by atoms with E-state index < -0.39 is 6.10 Å². The maximum absolute atomic E-state index is 12.6. The van der Waals surface area contributed by atoms with Gasteiger partial charge < -0.3 is 15.4 Å². The molecule has 28 heavy (non-hydrogen) atoms. The van der Waals surface area contributed by atoms with Gasteiger partial charge in [0.25, 0.3) is 11.8 Å². The average molecular weight is 377 g/mol. The second-order valence-electron chi connectivity index (χ2n) is 6.89. The number of carbonyl (C=O) groups excluding carboxylic acids is 2. The molecule has 1 fully saturated rings. The molecule has 0 radical (unpaired) electrons. The lowest BCUT2D eigenvalue weighted by atomic mass is 10.1. The molecule has 0 bridgehead atoms. The van der Waals surface area contributed by atoms with Gasteiger partial charge in [-0.2, -0.15) is 5.26 Å². The van der Waals surface area contributed by atoms with Crippen LogP contribution in [0.25, 0.3) is 0 Å². The van der Waals surface area contributed by atoms with Crippen LogP contribution in [0.15, 0.2) is 48.5 Å². The van der Waals surface area contributed by atoms with Gasteiger partial charge in [-0.1, -0.05) is 25.0 Å². The van der Waals surface area contributed by atoms with Crippen LogP contribution < -0.4 is 15.4 Å². The lowest BCUT2D eigenvalue weighted by Crippen LogP contribution is -2.34. The molecular formula is C22H23N3O3. The lowest BCUT2D eigenvalue weighted by Gasteiger charge is -2.17. The first kappa shape index (κ1) is 19.4. The number of nitrogens with zero attached hydrogens (tertiary/aromatic N) is 1. The van der Waals surface area contributed by atoms with Gasteiger partial charge >= 0.3 is 0 Å². The van der Waals surface area contributed by atoms with Gasteiger partial charge in [-0.3, -0.25) is 9.59 Å². The van der Waals surface area contributed by atoms with Gasteiger partial charge in [-0.15, -0.1) is 0 Å². The van der Waals surface area contributed by atoms with Crippen molar-refractivity contribution in [2.45, 2.75) is 44.8 Å². The van der Waals surface area contributed by atoms with Gasteiger partial charge in [-0.05, 0) is 56.2 Å². The number of ether oxygens (including phenoxy) is 1. The summed E-state index contributed by atoms with van der Waals surface area (Å²) in [5, 5.41) is 14.7. The summed E-state index contributed by atoms with van der Waals surface area (Å²) in [4.78, 5) is 25.1. The fourth-order valence-corrected chi connectivity index (χ4v) is 3.22. The highest BCUT2D eigenvalue weighted by Gasteiger charge is 2.21. The molecule has 0 heterocycles. The van der Waals surface area contributed by atoms with Crippen LogP contribution in [-0.4, -0.2) is 24.0 Å². The standard InChI is InChI=1S/C22H23N3O3/c1-15(28-18-12-10-16(14-23)11-13-18)21(26)25-20-9-5-4-8-19(20)22(27)24-17-6-2-3-7-17/h4-5,8-13,15,17H,2-3,6-7H2,1H3,(H,24,27)(H,25,26). The van der Waals surface area contributed by atoms with Crippen molar-refractivity contribution in [3.63, 3.8) is 0 Å². The maximum Gasteiger partial charge on any atom is 0.265 e. The molecule has 2 amide bonds. The minimum absolute atomic E-state index is 0.177. The zero-order chi connectivity index (χ0) is 19.9. The molecule has 0 aromatic heterocycles. The molecule has 0 spiro atoms. The van der Waals surface area contributed by atoms with E-state index in [-0.39, 0.29) is 17.9 Å². The summed E-state index contributed by atoms with van der Waals surface area (Å²) in [6.45, 7) is 1.63. The number of para-hydroxylation sites is 1. The lowest BCUT2D eigenvalue weighted by molar-refractivity contribution is -0.122. The van der Waals surface area contributed by atoms with Gasteiger partial charge in [0, 0.05) is 6.04 Å². The molecule has 1 atom stereocenters. The van der Waals surface area contributed by atoms with Crippen LogP contribution in [0.2, 0.25) is 0 Å². The van der Waals surface area contributed by atoms with Crippen LogP contribution in [0.1, 0.15) is 48.5 Å². The Balaban J connectivity index is 1.64. The van der Waals surface area contributed by atoms with E-state index in [0.29, 0.717) is 22.6 Å². The van der Waals surface area contributed by atoms with Crippen LogP contribution >= 0.6 is 0 Å². The molecule has 2 aromatic rings. The number of benzene rings is 2. The molecule has 1 unspecified atom stereocenters. The topological polar surface area (TPSA) is 91.2 Å². The number of carbonyl (C=O) groups is 2. The smallest absolute Gasteiger partial charge is 0.265 e. The Bertz CT molecular complexity index is 881. The van der Waals surface area contributed by atoms with Crippen molar-refractivity contribution in [1.29, 1.82) is 5.26 Å². The van der Waals surface area contributed by atoms with Crippen molar-refractivity contribution in [3.05, 3.63) is 59.7 Å².